The van der Waals surface area contributed by atoms with Gasteiger partial charge in [0.1, 0.15) is 4.87 Å². The second-order valence-corrected chi connectivity index (χ2v) is 3.81. The SMILES string of the molecule is ClC1CC1(Cl)c1ncccn1. The smallest absolute Gasteiger partial charge is 0.150 e. The summed E-state index contributed by atoms with van der Waals surface area (Å²) in [6, 6.07) is 1.76. The van der Waals surface area contributed by atoms with Crippen molar-refractivity contribution in [2.24, 2.45) is 0 Å². The summed E-state index contributed by atoms with van der Waals surface area (Å²) in [6.45, 7) is 0. The van der Waals surface area contributed by atoms with Crippen LogP contribution in [0.5, 0.6) is 0 Å². The summed E-state index contributed by atoms with van der Waals surface area (Å²) < 4.78 is 0. The van der Waals surface area contributed by atoms with Crippen LogP contribution in [-0.2, 0) is 4.87 Å². The Hall–Kier alpha value is -0.340. The first kappa shape index (κ1) is 7.32. The summed E-state index contributed by atoms with van der Waals surface area (Å²) in [5, 5.41) is -0.00781. The summed E-state index contributed by atoms with van der Waals surface area (Å²) in [4.78, 5) is 7.59. The first-order valence-electron chi connectivity index (χ1n) is 3.34. The normalized spacial score (nSPS) is 35.3. The number of halogens is 2. The molecule has 0 aliphatic heterocycles. The molecule has 1 aromatic heterocycles. The molecule has 4 heteroatoms. The molecule has 58 valence electrons. The van der Waals surface area contributed by atoms with Crippen molar-refractivity contribution < 1.29 is 0 Å². The van der Waals surface area contributed by atoms with E-state index in [1.165, 1.54) is 0 Å². The largest absolute Gasteiger partial charge is 0.239 e. The summed E-state index contributed by atoms with van der Waals surface area (Å²) in [6.07, 6.45) is 4.11. The molecular weight excluding hydrogens is 183 g/mol. The van der Waals surface area contributed by atoms with Crippen molar-refractivity contribution in [3.8, 4) is 0 Å². The molecule has 0 spiro atoms. The highest BCUT2D eigenvalue weighted by atomic mass is 35.5. The monoisotopic (exact) mass is 188 g/mol. The van der Waals surface area contributed by atoms with Gasteiger partial charge in [0, 0.05) is 12.4 Å². The predicted molar refractivity (Wildman–Crippen MR) is 43.8 cm³/mol. The minimum atomic E-state index is -0.483. The number of aromatic nitrogens is 2. The summed E-state index contributed by atoms with van der Waals surface area (Å²) >= 11 is 11.9. The lowest BCUT2D eigenvalue weighted by Gasteiger charge is -2.02. The quantitative estimate of drug-likeness (QED) is 0.630. The van der Waals surface area contributed by atoms with E-state index in [0.29, 0.717) is 5.82 Å². The zero-order valence-electron chi connectivity index (χ0n) is 5.67. The minimum Gasteiger partial charge on any atom is -0.239 e. The molecule has 0 N–H and O–H groups in total. The maximum absolute atomic E-state index is 6.06. The third-order valence-electron chi connectivity index (χ3n) is 1.75. The van der Waals surface area contributed by atoms with Gasteiger partial charge < -0.3 is 0 Å². The lowest BCUT2D eigenvalue weighted by Crippen LogP contribution is -2.05. The van der Waals surface area contributed by atoms with Crippen LogP contribution in [0.4, 0.5) is 0 Å². The van der Waals surface area contributed by atoms with Crippen LogP contribution in [0.3, 0.4) is 0 Å². The number of hydrogen-bond acceptors (Lipinski definition) is 2. The van der Waals surface area contributed by atoms with Crippen LogP contribution >= 0.6 is 23.2 Å². The van der Waals surface area contributed by atoms with Crippen LogP contribution < -0.4 is 0 Å². The zero-order chi connectivity index (χ0) is 7.90. The van der Waals surface area contributed by atoms with Gasteiger partial charge in [-0.3, -0.25) is 0 Å². The Bertz CT molecular complexity index is 264. The molecule has 1 heterocycles. The molecule has 11 heavy (non-hydrogen) atoms. The second kappa shape index (κ2) is 2.32. The second-order valence-electron chi connectivity index (χ2n) is 2.61. The van der Waals surface area contributed by atoms with Crippen LogP contribution in [-0.4, -0.2) is 15.3 Å². The van der Waals surface area contributed by atoms with E-state index in [-0.39, 0.29) is 5.38 Å². The minimum absolute atomic E-state index is 0.00781. The van der Waals surface area contributed by atoms with E-state index < -0.39 is 4.87 Å². The van der Waals surface area contributed by atoms with Crippen LogP contribution in [0.15, 0.2) is 18.5 Å². The van der Waals surface area contributed by atoms with Gasteiger partial charge in [0.15, 0.2) is 5.82 Å². The van der Waals surface area contributed by atoms with E-state index in [1.807, 2.05) is 0 Å². The third-order valence-corrected chi connectivity index (χ3v) is 2.98. The maximum Gasteiger partial charge on any atom is 0.150 e. The lowest BCUT2D eigenvalue weighted by atomic mass is 10.4. The van der Waals surface area contributed by atoms with Crippen molar-refractivity contribution in [3.05, 3.63) is 24.3 Å². The van der Waals surface area contributed by atoms with E-state index in [2.05, 4.69) is 9.97 Å². The van der Waals surface area contributed by atoms with Gasteiger partial charge >= 0.3 is 0 Å². The van der Waals surface area contributed by atoms with Gasteiger partial charge in [-0.05, 0) is 12.5 Å². The van der Waals surface area contributed by atoms with E-state index in [0.717, 1.165) is 6.42 Å². The fraction of sp³-hybridized carbons (Fsp3) is 0.429. The van der Waals surface area contributed by atoms with Crippen molar-refractivity contribution in [3.63, 3.8) is 0 Å². The average Bonchev–Trinajstić information content (AvgIpc) is 2.64. The van der Waals surface area contributed by atoms with Gasteiger partial charge in [0.25, 0.3) is 0 Å². The molecule has 1 fully saturated rings. The number of nitrogens with zero attached hydrogens (tertiary/aromatic N) is 2. The molecule has 2 nitrogen and oxygen atoms in total. The van der Waals surface area contributed by atoms with Crippen molar-refractivity contribution in [2.75, 3.05) is 0 Å². The Morgan fingerprint density at radius 2 is 2.00 bits per heavy atom. The molecule has 1 aliphatic rings. The first-order chi connectivity index (χ1) is 5.23. The molecule has 2 unspecified atom stereocenters. The summed E-state index contributed by atoms with van der Waals surface area (Å²) in [5.74, 6) is 0.640. The van der Waals surface area contributed by atoms with Gasteiger partial charge in [-0.2, -0.15) is 0 Å². The molecule has 1 aromatic rings. The molecule has 1 saturated carbocycles. The molecule has 0 amide bonds. The zero-order valence-corrected chi connectivity index (χ0v) is 7.18. The third kappa shape index (κ3) is 1.10. The molecule has 0 aromatic carbocycles. The topological polar surface area (TPSA) is 25.8 Å². The first-order valence-corrected chi connectivity index (χ1v) is 4.15. The van der Waals surface area contributed by atoms with Crippen LogP contribution in [0.2, 0.25) is 0 Å². The summed E-state index contributed by atoms with van der Waals surface area (Å²) in [5.41, 5.74) is 0. The van der Waals surface area contributed by atoms with E-state index in [1.54, 1.807) is 18.5 Å². The van der Waals surface area contributed by atoms with Crippen molar-refractivity contribution >= 4 is 23.2 Å². The van der Waals surface area contributed by atoms with Crippen molar-refractivity contribution in [2.45, 2.75) is 16.7 Å². The highest BCUT2D eigenvalue weighted by Gasteiger charge is 2.55. The van der Waals surface area contributed by atoms with E-state index >= 15 is 0 Å². The molecule has 0 radical (unpaired) electrons. The number of alkyl halides is 2. The molecule has 0 bridgehead atoms. The Balaban J connectivity index is 2.32. The molecule has 0 saturated heterocycles. The number of rotatable bonds is 1. The van der Waals surface area contributed by atoms with Crippen LogP contribution in [0, 0.1) is 0 Å². The fourth-order valence-electron chi connectivity index (χ4n) is 0.947. The lowest BCUT2D eigenvalue weighted by molar-refractivity contribution is 0.862. The number of hydrogen-bond donors (Lipinski definition) is 0. The Morgan fingerprint density at radius 1 is 1.45 bits per heavy atom. The van der Waals surface area contributed by atoms with Gasteiger partial charge in [-0.1, -0.05) is 0 Å². The summed E-state index contributed by atoms with van der Waals surface area (Å²) in [7, 11) is 0. The highest BCUT2D eigenvalue weighted by Crippen LogP contribution is 2.54. The Labute approximate surface area is 74.6 Å². The fourth-order valence-corrected chi connectivity index (χ4v) is 1.62. The molecule has 2 atom stereocenters. The van der Waals surface area contributed by atoms with Gasteiger partial charge in [0.05, 0.1) is 5.38 Å². The van der Waals surface area contributed by atoms with Crippen LogP contribution in [0.1, 0.15) is 12.2 Å². The van der Waals surface area contributed by atoms with Crippen molar-refractivity contribution in [1.29, 1.82) is 0 Å². The van der Waals surface area contributed by atoms with Gasteiger partial charge in [-0.25, -0.2) is 9.97 Å². The Kier molecular flexibility index (Phi) is 1.55. The maximum atomic E-state index is 6.06. The highest BCUT2D eigenvalue weighted by molar-refractivity contribution is 6.36. The average molecular weight is 189 g/mol. The van der Waals surface area contributed by atoms with Gasteiger partial charge in [0.2, 0.25) is 0 Å². The Morgan fingerprint density at radius 3 is 2.45 bits per heavy atom. The van der Waals surface area contributed by atoms with Crippen molar-refractivity contribution in [1.82, 2.24) is 9.97 Å². The van der Waals surface area contributed by atoms with Gasteiger partial charge in [-0.15, -0.1) is 23.2 Å². The van der Waals surface area contributed by atoms with Crippen LogP contribution in [0.25, 0.3) is 0 Å². The van der Waals surface area contributed by atoms with E-state index in [9.17, 15) is 0 Å². The molecule has 1 aliphatic carbocycles. The van der Waals surface area contributed by atoms with E-state index in [4.69, 9.17) is 23.2 Å². The molecular formula is C7H6Cl2N2. The molecule has 2 rings (SSSR count). The predicted octanol–water partition coefficient (Wildman–Crippen LogP) is 1.92. The standard InChI is InChI=1S/C7H6Cl2N2/c8-5-4-7(5,9)6-10-2-1-3-11-6/h1-3,5H,4H2.